The fourth-order valence-electron chi connectivity index (χ4n) is 2.14. The molecule has 0 saturated heterocycles. The molecule has 0 radical (unpaired) electrons. The van der Waals surface area contributed by atoms with Crippen LogP contribution in [0.5, 0.6) is 5.75 Å². The van der Waals surface area contributed by atoms with Crippen molar-refractivity contribution in [3.8, 4) is 5.75 Å². The maximum absolute atomic E-state index is 5.82. The lowest BCUT2D eigenvalue weighted by Crippen LogP contribution is -2.02. The number of hydrogen-bond donors (Lipinski definition) is 1. The number of pyridine rings is 2. The molecule has 1 aromatic carbocycles. The molecule has 4 nitrogen and oxygen atoms in total. The monoisotopic (exact) mass is 305 g/mol. The number of nitrogens with one attached hydrogen (secondary N) is 1. The zero-order chi connectivity index (χ0) is 15.9. The molecule has 1 N–H and O–H groups in total. The highest BCUT2D eigenvalue weighted by Crippen LogP contribution is 2.19. The van der Waals surface area contributed by atoms with Gasteiger partial charge in [0.2, 0.25) is 0 Å². The van der Waals surface area contributed by atoms with Gasteiger partial charge >= 0.3 is 0 Å². The number of aryl methyl sites for hydroxylation is 1. The van der Waals surface area contributed by atoms with Crippen LogP contribution in [0, 0.1) is 6.92 Å². The molecule has 0 fully saturated rings. The van der Waals surface area contributed by atoms with E-state index < -0.39 is 0 Å². The Labute approximate surface area is 136 Å². The Kier molecular flexibility index (Phi) is 4.84. The molecular weight excluding hydrogens is 286 g/mol. The van der Waals surface area contributed by atoms with Gasteiger partial charge in [-0.2, -0.15) is 0 Å². The van der Waals surface area contributed by atoms with Crippen molar-refractivity contribution in [1.82, 2.24) is 9.97 Å². The largest absolute Gasteiger partial charge is 0.489 e. The normalized spacial score (nSPS) is 10.3. The molecule has 0 aliphatic carbocycles. The second-order valence-corrected chi connectivity index (χ2v) is 5.35. The van der Waals surface area contributed by atoms with Crippen molar-refractivity contribution in [3.05, 3.63) is 83.9 Å². The molecule has 0 amide bonds. The third-order valence-corrected chi connectivity index (χ3v) is 3.44. The van der Waals surface area contributed by atoms with Crippen molar-refractivity contribution in [1.29, 1.82) is 0 Å². The maximum atomic E-state index is 5.82. The second kappa shape index (κ2) is 7.40. The Morgan fingerprint density at radius 2 is 1.91 bits per heavy atom. The van der Waals surface area contributed by atoms with Crippen LogP contribution in [0.4, 0.5) is 5.69 Å². The van der Waals surface area contributed by atoms with Crippen LogP contribution in [0.1, 0.15) is 16.8 Å². The molecule has 0 spiro atoms. The molecule has 4 heteroatoms. The van der Waals surface area contributed by atoms with Crippen LogP contribution in [-0.2, 0) is 13.2 Å². The Bertz CT molecular complexity index is 742. The van der Waals surface area contributed by atoms with Crippen molar-refractivity contribution in [3.63, 3.8) is 0 Å². The van der Waals surface area contributed by atoms with Gasteiger partial charge in [-0.15, -0.1) is 0 Å². The van der Waals surface area contributed by atoms with Gasteiger partial charge in [-0.25, -0.2) is 0 Å². The number of anilines is 1. The van der Waals surface area contributed by atoms with E-state index in [9.17, 15) is 0 Å². The highest BCUT2D eigenvalue weighted by atomic mass is 16.5. The van der Waals surface area contributed by atoms with E-state index in [0.717, 1.165) is 22.7 Å². The molecule has 2 aromatic heterocycles. The quantitative estimate of drug-likeness (QED) is 0.748. The van der Waals surface area contributed by atoms with E-state index in [2.05, 4.69) is 21.4 Å². The molecule has 116 valence electrons. The predicted octanol–water partition coefficient (Wildman–Crippen LogP) is 3.98. The van der Waals surface area contributed by atoms with E-state index in [1.165, 1.54) is 5.56 Å². The van der Waals surface area contributed by atoms with Crippen molar-refractivity contribution in [2.75, 3.05) is 5.32 Å². The van der Waals surface area contributed by atoms with Gasteiger partial charge in [0.25, 0.3) is 0 Å². The number of aromatic nitrogens is 2. The van der Waals surface area contributed by atoms with Gasteiger partial charge in [0, 0.05) is 30.3 Å². The number of nitrogens with zero attached hydrogens (tertiary/aromatic N) is 2. The summed E-state index contributed by atoms with van der Waals surface area (Å²) < 4.78 is 5.82. The average molecular weight is 305 g/mol. The fraction of sp³-hybridized carbons (Fsp3) is 0.158. The van der Waals surface area contributed by atoms with Crippen LogP contribution in [0.2, 0.25) is 0 Å². The van der Waals surface area contributed by atoms with E-state index in [0.29, 0.717) is 13.2 Å². The van der Waals surface area contributed by atoms with Gasteiger partial charge in [0.05, 0.1) is 12.2 Å². The molecule has 0 aliphatic rings. The minimum atomic E-state index is 0.533. The summed E-state index contributed by atoms with van der Waals surface area (Å²) in [5.74, 6) is 0.837. The standard InChI is InChI=1S/C19H19N3O/c1-15-5-6-18(21-12-15)13-22-17-3-2-4-19(11-17)23-14-16-7-9-20-10-8-16/h2-12,22H,13-14H2,1H3. The summed E-state index contributed by atoms with van der Waals surface area (Å²) in [7, 11) is 0. The van der Waals surface area contributed by atoms with Crippen LogP contribution in [0.15, 0.2) is 67.1 Å². The fourth-order valence-corrected chi connectivity index (χ4v) is 2.14. The maximum Gasteiger partial charge on any atom is 0.121 e. The van der Waals surface area contributed by atoms with Crippen molar-refractivity contribution in [2.24, 2.45) is 0 Å². The molecule has 0 saturated carbocycles. The van der Waals surface area contributed by atoms with Crippen LogP contribution >= 0.6 is 0 Å². The lowest BCUT2D eigenvalue weighted by molar-refractivity contribution is 0.306. The van der Waals surface area contributed by atoms with Crippen LogP contribution in [0.25, 0.3) is 0 Å². The predicted molar refractivity (Wildman–Crippen MR) is 91.3 cm³/mol. The van der Waals surface area contributed by atoms with Gasteiger partial charge in [0.1, 0.15) is 12.4 Å². The molecule has 3 rings (SSSR count). The summed E-state index contributed by atoms with van der Waals surface area (Å²) in [5.41, 5.74) is 4.29. The number of ether oxygens (including phenoxy) is 1. The summed E-state index contributed by atoms with van der Waals surface area (Å²) in [5, 5.41) is 3.37. The smallest absolute Gasteiger partial charge is 0.121 e. The van der Waals surface area contributed by atoms with Crippen LogP contribution in [0.3, 0.4) is 0 Å². The van der Waals surface area contributed by atoms with Gasteiger partial charge < -0.3 is 10.1 Å². The third kappa shape index (κ3) is 4.54. The van der Waals surface area contributed by atoms with E-state index in [4.69, 9.17) is 4.74 Å². The summed E-state index contributed by atoms with van der Waals surface area (Å²) in [4.78, 5) is 8.39. The summed E-state index contributed by atoms with van der Waals surface area (Å²) in [6.45, 7) is 3.26. The lowest BCUT2D eigenvalue weighted by atomic mass is 10.2. The Morgan fingerprint density at radius 1 is 1.04 bits per heavy atom. The van der Waals surface area contributed by atoms with Gasteiger partial charge in [-0.3, -0.25) is 9.97 Å². The summed E-state index contributed by atoms with van der Waals surface area (Å²) >= 11 is 0. The van der Waals surface area contributed by atoms with E-state index in [-0.39, 0.29) is 0 Å². The highest BCUT2D eigenvalue weighted by Gasteiger charge is 1.99. The summed E-state index contributed by atoms with van der Waals surface area (Å²) in [6, 6.07) is 16.0. The molecule has 23 heavy (non-hydrogen) atoms. The van der Waals surface area contributed by atoms with Gasteiger partial charge in [-0.1, -0.05) is 12.1 Å². The molecule has 0 bridgehead atoms. The van der Waals surface area contributed by atoms with Crippen LogP contribution in [-0.4, -0.2) is 9.97 Å². The molecule has 3 aromatic rings. The third-order valence-electron chi connectivity index (χ3n) is 3.44. The van der Waals surface area contributed by atoms with Gasteiger partial charge in [-0.05, 0) is 48.4 Å². The van der Waals surface area contributed by atoms with Gasteiger partial charge in [0.15, 0.2) is 0 Å². The Balaban J connectivity index is 1.57. The first-order chi connectivity index (χ1) is 11.3. The number of hydrogen-bond acceptors (Lipinski definition) is 4. The van der Waals surface area contributed by atoms with E-state index in [1.54, 1.807) is 12.4 Å². The average Bonchev–Trinajstić information content (AvgIpc) is 2.61. The van der Waals surface area contributed by atoms with E-state index in [1.807, 2.05) is 55.6 Å². The number of benzene rings is 1. The van der Waals surface area contributed by atoms with Crippen LogP contribution < -0.4 is 10.1 Å². The molecule has 0 atom stereocenters. The lowest BCUT2D eigenvalue weighted by Gasteiger charge is -2.10. The molecule has 2 heterocycles. The summed E-state index contributed by atoms with van der Waals surface area (Å²) in [6.07, 6.45) is 5.42. The van der Waals surface area contributed by atoms with Crippen molar-refractivity contribution in [2.45, 2.75) is 20.1 Å². The second-order valence-electron chi connectivity index (χ2n) is 5.35. The minimum Gasteiger partial charge on any atom is -0.489 e. The SMILES string of the molecule is Cc1ccc(CNc2cccc(OCc3ccncc3)c2)nc1. The Hall–Kier alpha value is -2.88. The zero-order valence-corrected chi connectivity index (χ0v) is 13.1. The Morgan fingerprint density at radius 3 is 2.70 bits per heavy atom. The first kappa shape index (κ1) is 15.0. The van der Waals surface area contributed by atoms with Crippen molar-refractivity contribution >= 4 is 5.69 Å². The molecular formula is C19H19N3O. The first-order valence-electron chi connectivity index (χ1n) is 7.57. The first-order valence-corrected chi connectivity index (χ1v) is 7.57. The molecule has 0 aliphatic heterocycles. The molecule has 0 unspecified atom stereocenters. The minimum absolute atomic E-state index is 0.533. The zero-order valence-electron chi connectivity index (χ0n) is 13.1. The topological polar surface area (TPSA) is 47.0 Å². The number of rotatable bonds is 6. The van der Waals surface area contributed by atoms with E-state index >= 15 is 0 Å². The van der Waals surface area contributed by atoms with Crippen molar-refractivity contribution < 1.29 is 4.74 Å². The highest BCUT2D eigenvalue weighted by molar-refractivity contribution is 5.48.